The van der Waals surface area contributed by atoms with E-state index in [4.69, 9.17) is 6.42 Å². The lowest BCUT2D eigenvalue weighted by Crippen LogP contribution is -2.40. The lowest BCUT2D eigenvalue weighted by molar-refractivity contribution is 1.70. The number of benzene rings is 1. The number of terminal acetylenes is 1. The summed E-state index contributed by atoms with van der Waals surface area (Å²) in [7, 11) is -2.98. The van der Waals surface area contributed by atoms with Crippen LogP contribution in [0.1, 0.15) is 0 Å². The van der Waals surface area contributed by atoms with Gasteiger partial charge in [-0.1, -0.05) is 73.1 Å². The molecule has 2 heteroatoms. The number of hydrogen-bond acceptors (Lipinski definition) is 0. The van der Waals surface area contributed by atoms with Gasteiger partial charge in [-0.3, -0.25) is 0 Å². The van der Waals surface area contributed by atoms with E-state index >= 15 is 0 Å². The van der Waals surface area contributed by atoms with Crippen LogP contribution in [0, 0.1) is 12.0 Å². The minimum Gasteiger partial charge on any atom is -0.130 e. The molecule has 0 bridgehead atoms. The van der Waals surface area contributed by atoms with E-state index in [1.54, 1.807) is 0 Å². The molecule has 1 aromatic carbocycles. The van der Waals surface area contributed by atoms with Gasteiger partial charge in [0.1, 0.15) is 8.07 Å². The van der Waals surface area contributed by atoms with Gasteiger partial charge in [-0.25, -0.2) is 0 Å². The second-order valence-electron chi connectivity index (χ2n) is 5.29. The van der Waals surface area contributed by atoms with Crippen molar-refractivity contribution in [2.75, 3.05) is 0 Å². The predicted octanol–water partition coefficient (Wildman–Crippen LogP) is 3.12. The van der Waals surface area contributed by atoms with E-state index in [0.717, 1.165) is 0 Å². The van der Waals surface area contributed by atoms with Crippen molar-refractivity contribution in [3.63, 3.8) is 0 Å². The topological polar surface area (TPSA) is 0 Å². The minimum atomic E-state index is -1.54. The molecular formula is C14H20Si2. The molecule has 0 atom stereocenters. The molecule has 1 rings (SSSR count). The second-order valence-corrected chi connectivity index (χ2v) is 13.7. The maximum atomic E-state index is 5.55. The van der Waals surface area contributed by atoms with Crippen LogP contribution < -0.4 is 5.19 Å². The first-order valence-electron chi connectivity index (χ1n) is 5.61. The van der Waals surface area contributed by atoms with Crippen molar-refractivity contribution in [2.24, 2.45) is 0 Å². The van der Waals surface area contributed by atoms with Gasteiger partial charge < -0.3 is 0 Å². The Hall–Kier alpha value is -1.05. The van der Waals surface area contributed by atoms with Gasteiger partial charge in [0.2, 0.25) is 0 Å². The molecule has 0 nitrogen and oxygen atoms in total. The van der Waals surface area contributed by atoms with Crippen molar-refractivity contribution in [1.82, 2.24) is 0 Å². The van der Waals surface area contributed by atoms with Crippen LogP contribution in [0.2, 0.25) is 26.2 Å². The van der Waals surface area contributed by atoms with Gasteiger partial charge in [0.25, 0.3) is 0 Å². The molecule has 0 aliphatic carbocycles. The Balaban J connectivity index is 2.94. The van der Waals surface area contributed by atoms with Crippen LogP contribution in [0.3, 0.4) is 0 Å². The lowest BCUT2D eigenvalue weighted by Gasteiger charge is -2.20. The van der Waals surface area contributed by atoms with E-state index in [1.165, 1.54) is 5.19 Å². The largest absolute Gasteiger partial charge is 0.154 e. The highest BCUT2D eigenvalue weighted by molar-refractivity contribution is 6.97. The molecule has 16 heavy (non-hydrogen) atoms. The Labute approximate surface area is 101 Å². The molecule has 0 saturated carbocycles. The highest BCUT2D eigenvalue weighted by atomic mass is 28.3. The Bertz CT molecular complexity index is 408. The van der Waals surface area contributed by atoms with E-state index < -0.39 is 16.1 Å². The Kier molecular flexibility index (Phi) is 3.95. The zero-order chi connectivity index (χ0) is 12.2. The molecular weight excluding hydrogens is 224 g/mol. The zero-order valence-electron chi connectivity index (χ0n) is 10.6. The maximum absolute atomic E-state index is 5.55. The first kappa shape index (κ1) is 13.0. The fourth-order valence-electron chi connectivity index (χ4n) is 1.43. The summed E-state index contributed by atoms with van der Waals surface area (Å²) in [6.45, 7) is 9.14. The number of hydrogen-bond donors (Lipinski definition) is 0. The fourth-order valence-corrected chi connectivity index (χ4v) is 6.10. The summed E-state index contributed by atoms with van der Waals surface area (Å²) in [5.41, 5.74) is 7.65. The van der Waals surface area contributed by atoms with E-state index in [-0.39, 0.29) is 0 Å². The van der Waals surface area contributed by atoms with E-state index in [2.05, 4.69) is 73.5 Å². The standard InChI is InChI=1S/C14H20Si2/c1-6-15(2,3)12-13-16(4,5)14-10-8-7-9-11-14/h1,7-13H,2-5H3/b13-12+. The molecule has 0 radical (unpaired) electrons. The summed E-state index contributed by atoms with van der Waals surface area (Å²) in [5.74, 6) is 0. The van der Waals surface area contributed by atoms with Crippen LogP contribution in [0.4, 0.5) is 0 Å². The average molecular weight is 244 g/mol. The van der Waals surface area contributed by atoms with Crippen LogP contribution in [-0.4, -0.2) is 16.1 Å². The molecule has 0 aliphatic rings. The second kappa shape index (κ2) is 4.86. The van der Waals surface area contributed by atoms with Gasteiger partial charge in [-0.05, 0) is 0 Å². The summed E-state index contributed by atoms with van der Waals surface area (Å²) in [6.07, 6.45) is 5.55. The molecule has 84 valence electrons. The minimum absolute atomic E-state index is 1.45. The van der Waals surface area contributed by atoms with E-state index in [0.29, 0.717) is 0 Å². The third kappa shape index (κ3) is 3.51. The predicted molar refractivity (Wildman–Crippen MR) is 79.0 cm³/mol. The van der Waals surface area contributed by atoms with E-state index in [9.17, 15) is 0 Å². The van der Waals surface area contributed by atoms with Crippen molar-refractivity contribution in [1.29, 1.82) is 0 Å². The van der Waals surface area contributed by atoms with Gasteiger partial charge in [0.15, 0.2) is 8.07 Å². The first-order valence-corrected chi connectivity index (χ1v) is 11.8. The Morgan fingerprint density at radius 3 is 2.06 bits per heavy atom. The van der Waals surface area contributed by atoms with Crippen LogP contribution in [0.5, 0.6) is 0 Å². The summed E-state index contributed by atoms with van der Waals surface area (Å²) in [4.78, 5) is 0. The van der Waals surface area contributed by atoms with Crippen LogP contribution >= 0.6 is 0 Å². The summed E-state index contributed by atoms with van der Waals surface area (Å²) in [6, 6.07) is 10.7. The monoisotopic (exact) mass is 244 g/mol. The molecule has 0 fully saturated rings. The molecule has 0 saturated heterocycles. The Morgan fingerprint density at radius 1 is 1.00 bits per heavy atom. The highest BCUT2D eigenvalue weighted by Crippen LogP contribution is 2.09. The van der Waals surface area contributed by atoms with Gasteiger partial charge in [0, 0.05) is 0 Å². The van der Waals surface area contributed by atoms with Crippen LogP contribution in [0.15, 0.2) is 41.7 Å². The van der Waals surface area contributed by atoms with Crippen molar-refractivity contribution in [3.8, 4) is 12.0 Å². The van der Waals surface area contributed by atoms with Gasteiger partial charge in [0.05, 0.1) is 0 Å². The van der Waals surface area contributed by atoms with Gasteiger partial charge in [-0.15, -0.1) is 12.0 Å². The third-order valence-electron chi connectivity index (χ3n) is 2.81. The van der Waals surface area contributed by atoms with Crippen molar-refractivity contribution in [2.45, 2.75) is 26.2 Å². The van der Waals surface area contributed by atoms with Crippen molar-refractivity contribution >= 4 is 21.3 Å². The molecule has 0 aromatic heterocycles. The summed E-state index contributed by atoms with van der Waals surface area (Å²) < 4.78 is 0. The van der Waals surface area contributed by atoms with Crippen molar-refractivity contribution < 1.29 is 0 Å². The average Bonchev–Trinajstić information content (AvgIpc) is 2.28. The molecule has 0 aliphatic heterocycles. The first-order chi connectivity index (χ1) is 7.37. The van der Waals surface area contributed by atoms with Crippen molar-refractivity contribution in [3.05, 3.63) is 41.7 Å². The smallest absolute Gasteiger partial charge is 0.130 e. The highest BCUT2D eigenvalue weighted by Gasteiger charge is 2.21. The molecule has 0 N–H and O–H groups in total. The molecule has 0 unspecified atom stereocenters. The zero-order valence-corrected chi connectivity index (χ0v) is 12.6. The summed E-state index contributed by atoms with van der Waals surface area (Å²) >= 11 is 0. The van der Waals surface area contributed by atoms with Gasteiger partial charge in [-0.2, -0.15) is 0 Å². The van der Waals surface area contributed by atoms with E-state index in [1.807, 2.05) is 0 Å². The van der Waals surface area contributed by atoms with Gasteiger partial charge >= 0.3 is 0 Å². The normalized spacial score (nSPS) is 12.7. The molecule has 0 amide bonds. The Morgan fingerprint density at radius 2 is 1.56 bits per heavy atom. The third-order valence-corrected chi connectivity index (χ3v) is 7.71. The molecule has 1 aromatic rings. The number of rotatable bonds is 3. The molecule has 0 heterocycles. The SMILES string of the molecule is C#C[Si](C)(C)/C=C/[Si](C)(C)c1ccccc1. The quantitative estimate of drug-likeness (QED) is 0.566. The molecule has 0 spiro atoms. The fraction of sp³-hybridized carbons (Fsp3) is 0.286. The van der Waals surface area contributed by atoms with Crippen LogP contribution in [0.25, 0.3) is 0 Å². The summed E-state index contributed by atoms with van der Waals surface area (Å²) in [5, 5.41) is 1.47. The maximum Gasteiger partial charge on any atom is 0.154 e. The lowest BCUT2D eigenvalue weighted by atomic mass is 10.4. The van der Waals surface area contributed by atoms with Crippen LogP contribution in [-0.2, 0) is 0 Å².